The number of rotatable bonds is 4. The molecule has 0 bridgehead atoms. The lowest BCUT2D eigenvalue weighted by molar-refractivity contribution is -0.133. The first-order chi connectivity index (χ1) is 13.0. The van der Waals surface area contributed by atoms with Gasteiger partial charge in [-0.1, -0.05) is 6.07 Å². The maximum absolute atomic E-state index is 12.6. The third-order valence-corrected chi connectivity index (χ3v) is 4.88. The first-order valence-corrected chi connectivity index (χ1v) is 9.22. The molecule has 2 aromatic rings. The molecule has 6 nitrogen and oxygen atoms in total. The Morgan fingerprint density at radius 1 is 1.04 bits per heavy atom. The van der Waals surface area contributed by atoms with Gasteiger partial charge >= 0.3 is 0 Å². The van der Waals surface area contributed by atoms with Crippen molar-refractivity contribution in [1.29, 1.82) is 0 Å². The van der Waals surface area contributed by atoms with Gasteiger partial charge in [0.1, 0.15) is 5.75 Å². The molecule has 27 heavy (non-hydrogen) atoms. The van der Waals surface area contributed by atoms with E-state index in [2.05, 4.69) is 4.98 Å². The highest BCUT2D eigenvalue weighted by Gasteiger charge is 2.23. The lowest BCUT2D eigenvalue weighted by atomic mass is 10.1. The molecule has 1 saturated heterocycles. The maximum atomic E-state index is 12.6. The van der Waals surface area contributed by atoms with Crippen molar-refractivity contribution in [3.05, 3.63) is 59.4 Å². The lowest BCUT2D eigenvalue weighted by Crippen LogP contribution is -2.39. The fraction of sp³-hybridized carbons (Fsp3) is 0.381. The summed E-state index contributed by atoms with van der Waals surface area (Å²) in [6.07, 6.45) is 3.98. The molecule has 142 valence electrons. The van der Waals surface area contributed by atoms with Crippen molar-refractivity contribution < 1.29 is 14.3 Å². The number of carbonyl (C=O) groups is 2. The van der Waals surface area contributed by atoms with Crippen LogP contribution in [-0.4, -0.2) is 59.4 Å². The van der Waals surface area contributed by atoms with Crippen LogP contribution >= 0.6 is 0 Å². The molecule has 0 radical (unpaired) electrons. The van der Waals surface area contributed by atoms with Crippen LogP contribution in [0.5, 0.6) is 5.75 Å². The highest BCUT2D eigenvalue weighted by atomic mass is 16.5. The van der Waals surface area contributed by atoms with Crippen molar-refractivity contribution in [2.75, 3.05) is 32.8 Å². The minimum atomic E-state index is -0.0519. The largest absolute Gasteiger partial charge is 0.484 e. The zero-order chi connectivity index (χ0) is 19.2. The van der Waals surface area contributed by atoms with Gasteiger partial charge in [0.2, 0.25) is 0 Å². The van der Waals surface area contributed by atoms with E-state index in [0.29, 0.717) is 37.5 Å². The standard InChI is InChI=1S/C21H25N3O3/c1-16-6-7-19(13-17(16)2)27-15-20(25)23-9-4-10-24(12-11-23)21(26)18-5-3-8-22-14-18/h3,5-8,13-14H,4,9-12,15H2,1-2H3. The number of nitrogens with zero attached hydrogens (tertiary/aromatic N) is 3. The Morgan fingerprint density at radius 3 is 2.56 bits per heavy atom. The van der Waals surface area contributed by atoms with Gasteiger partial charge < -0.3 is 14.5 Å². The van der Waals surface area contributed by atoms with Gasteiger partial charge in [0.05, 0.1) is 5.56 Å². The predicted molar refractivity (Wildman–Crippen MR) is 103 cm³/mol. The quantitative estimate of drug-likeness (QED) is 0.833. The van der Waals surface area contributed by atoms with Crippen LogP contribution < -0.4 is 4.74 Å². The Kier molecular flexibility index (Phi) is 6.06. The Labute approximate surface area is 159 Å². The fourth-order valence-corrected chi connectivity index (χ4v) is 3.08. The number of aryl methyl sites for hydroxylation is 2. The van der Waals surface area contributed by atoms with E-state index in [4.69, 9.17) is 4.74 Å². The van der Waals surface area contributed by atoms with E-state index in [-0.39, 0.29) is 18.4 Å². The molecule has 3 rings (SSSR count). The second-order valence-electron chi connectivity index (χ2n) is 6.80. The van der Waals surface area contributed by atoms with Gasteiger partial charge in [0.25, 0.3) is 11.8 Å². The smallest absolute Gasteiger partial charge is 0.260 e. The van der Waals surface area contributed by atoms with Crippen LogP contribution in [0.3, 0.4) is 0 Å². The summed E-state index contributed by atoms with van der Waals surface area (Å²) < 4.78 is 5.66. The van der Waals surface area contributed by atoms with E-state index in [9.17, 15) is 9.59 Å². The Balaban J connectivity index is 1.53. The van der Waals surface area contributed by atoms with Gasteiger partial charge in [0, 0.05) is 38.6 Å². The molecule has 0 saturated carbocycles. The van der Waals surface area contributed by atoms with Gasteiger partial charge in [-0.25, -0.2) is 0 Å². The summed E-state index contributed by atoms with van der Waals surface area (Å²) in [7, 11) is 0. The summed E-state index contributed by atoms with van der Waals surface area (Å²) in [6.45, 7) is 6.37. The van der Waals surface area contributed by atoms with Gasteiger partial charge in [-0.05, 0) is 55.7 Å². The van der Waals surface area contributed by atoms with Crippen LogP contribution in [0, 0.1) is 13.8 Å². The molecule has 1 aromatic carbocycles. The summed E-state index contributed by atoms with van der Waals surface area (Å²) in [5, 5.41) is 0. The highest BCUT2D eigenvalue weighted by Crippen LogP contribution is 2.16. The zero-order valence-electron chi connectivity index (χ0n) is 15.9. The molecular formula is C21H25N3O3. The number of amides is 2. The first kappa shape index (κ1) is 18.9. The second-order valence-corrected chi connectivity index (χ2v) is 6.80. The summed E-state index contributed by atoms with van der Waals surface area (Å²) in [4.78, 5) is 32.6. The number of hydrogen-bond donors (Lipinski definition) is 0. The number of benzene rings is 1. The predicted octanol–water partition coefficient (Wildman–Crippen LogP) is 2.45. The topological polar surface area (TPSA) is 62.7 Å². The Bertz CT molecular complexity index is 808. The van der Waals surface area contributed by atoms with Crippen LogP contribution in [0.1, 0.15) is 27.9 Å². The average molecular weight is 367 g/mol. The molecule has 0 N–H and O–H groups in total. The van der Waals surface area contributed by atoms with Crippen molar-refractivity contribution in [3.8, 4) is 5.75 Å². The third-order valence-electron chi connectivity index (χ3n) is 4.88. The summed E-state index contributed by atoms with van der Waals surface area (Å²) in [5.74, 6) is 0.613. The maximum Gasteiger partial charge on any atom is 0.260 e. The first-order valence-electron chi connectivity index (χ1n) is 9.22. The number of aromatic nitrogens is 1. The number of carbonyl (C=O) groups excluding carboxylic acids is 2. The van der Waals surface area contributed by atoms with Crippen LogP contribution in [-0.2, 0) is 4.79 Å². The minimum absolute atomic E-state index is 0.0129. The van der Waals surface area contributed by atoms with E-state index in [1.165, 1.54) is 5.56 Å². The van der Waals surface area contributed by atoms with E-state index < -0.39 is 0 Å². The molecule has 0 aliphatic carbocycles. The van der Waals surface area contributed by atoms with Crippen LogP contribution in [0.4, 0.5) is 0 Å². The van der Waals surface area contributed by atoms with Crippen molar-refractivity contribution in [1.82, 2.24) is 14.8 Å². The molecule has 2 heterocycles. The SMILES string of the molecule is Cc1ccc(OCC(=O)N2CCCN(C(=O)c3cccnc3)CC2)cc1C. The van der Waals surface area contributed by atoms with Crippen molar-refractivity contribution >= 4 is 11.8 Å². The average Bonchev–Trinajstić information content (AvgIpc) is 2.95. The van der Waals surface area contributed by atoms with E-state index >= 15 is 0 Å². The lowest BCUT2D eigenvalue weighted by Gasteiger charge is -2.22. The minimum Gasteiger partial charge on any atom is -0.484 e. The van der Waals surface area contributed by atoms with Gasteiger partial charge in [-0.3, -0.25) is 14.6 Å². The van der Waals surface area contributed by atoms with Crippen molar-refractivity contribution in [3.63, 3.8) is 0 Å². The van der Waals surface area contributed by atoms with Crippen LogP contribution in [0.25, 0.3) is 0 Å². The zero-order valence-corrected chi connectivity index (χ0v) is 15.9. The molecule has 2 amide bonds. The van der Waals surface area contributed by atoms with E-state index in [1.807, 2.05) is 32.0 Å². The molecule has 0 atom stereocenters. The molecular weight excluding hydrogens is 342 g/mol. The summed E-state index contributed by atoms with van der Waals surface area (Å²) in [6, 6.07) is 9.33. The molecule has 1 aliphatic heterocycles. The molecule has 1 aliphatic rings. The molecule has 1 fully saturated rings. The second kappa shape index (κ2) is 8.66. The van der Waals surface area contributed by atoms with Gasteiger partial charge in [-0.15, -0.1) is 0 Å². The summed E-state index contributed by atoms with van der Waals surface area (Å²) in [5.41, 5.74) is 2.91. The fourth-order valence-electron chi connectivity index (χ4n) is 3.08. The Hall–Kier alpha value is -2.89. The van der Waals surface area contributed by atoms with Gasteiger partial charge in [0.15, 0.2) is 6.61 Å². The van der Waals surface area contributed by atoms with Crippen molar-refractivity contribution in [2.24, 2.45) is 0 Å². The van der Waals surface area contributed by atoms with Crippen LogP contribution in [0.2, 0.25) is 0 Å². The van der Waals surface area contributed by atoms with Gasteiger partial charge in [-0.2, -0.15) is 0 Å². The molecule has 0 unspecified atom stereocenters. The number of hydrogen-bond acceptors (Lipinski definition) is 4. The highest BCUT2D eigenvalue weighted by molar-refractivity contribution is 5.94. The molecule has 0 spiro atoms. The molecule has 6 heteroatoms. The van der Waals surface area contributed by atoms with E-state index in [1.54, 1.807) is 34.3 Å². The monoisotopic (exact) mass is 367 g/mol. The number of ether oxygens (including phenoxy) is 1. The number of pyridine rings is 1. The summed E-state index contributed by atoms with van der Waals surface area (Å²) >= 11 is 0. The van der Waals surface area contributed by atoms with E-state index in [0.717, 1.165) is 12.0 Å². The van der Waals surface area contributed by atoms with Crippen LogP contribution in [0.15, 0.2) is 42.7 Å². The third kappa shape index (κ3) is 4.84. The normalized spacial score (nSPS) is 14.6. The van der Waals surface area contributed by atoms with Crippen molar-refractivity contribution in [2.45, 2.75) is 20.3 Å². The molecule has 1 aromatic heterocycles. The Morgan fingerprint density at radius 2 is 1.81 bits per heavy atom.